The highest BCUT2D eigenvalue weighted by Crippen LogP contribution is 2.48. The van der Waals surface area contributed by atoms with Gasteiger partial charge in [0, 0.05) is 26.2 Å². The van der Waals surface area contributed by atoms with E-state index >= 15 is 0 Å². The number of rotatable bonds is 1. The van der Waals surface area contributed by atoms with Crippen molar-refractivity contribution in [1.82, 2.24) is 5.32 Å². The molecule has 0 amide bonds. The molecule has 1 N–H and O–H groups in total. The number of halogens is 2. The van der Waals surface area contributed by atoms with Crippen LogP contribution in [0, 0.1) is 0 Å². The van der Waals surface area contributed by atoms with Gasteiger partial charge in [0.1, 0.15) is 18.2 Å². The summed E-state index contributed by atoms with van der Waals surface area (Å²) in [6.07, 6.45) is 0. The van der Waals surface area contributed by atoms with E-state index in [0.29, 0.717) is 29.0 Å². The third-order valence-corrected chi connectivity index (χ3v) is 3.92. The molecule has 3 rings (SSSR count). The van der Waals surface area contributed by atoms with E-state index in [2.05, 4.69) is 10.2 Å². The van der Waals surface area contributed by atoms with Crippen molar-refractivity contribution >= 4 is 28.9 Å². The van der Waals surface area contributed by atoms with Gasteiger partial charge in [-0.2, -0.15) is 0 Å². The summed E-state index contributed by atoms with van der Waals surface area (Å²) in [5, 5.41) is 4.26. The number of benzene rings is 1. The van der Waals surface area contributed by atoms with Crippen LogP contribution >= 0.6 is 23.2 Å². The average Bonchev–Trinajstić information content (AvgIpc) is 2.44. The predicted octanol–water partition coefficient (Wildman–Crippen LogP) is 2.17. The molecule has 0 atom stereocenters. The number of nitrogens with zero attached hydrogens (tertiary/aromatic N) is 1. The van der Waals surface area contributed by atoms with E-state index in [1.165, 1.54) is 0 Å². The Morgan fingerprint density at radius 1 is 1.06 bits per heavy atom. The molecule has 0 spiro atoms. The number of nitrogens with one attached hydrogen (secondary N) is 1. The second kappa shape index (κ2) is 5.03. The van der Waals surface area contributed by atoms with E-state index in [0.717, 1.165) is 37.6 Å². The Morgan fingerprint density at radius 2 is 1.72 bits per heavy atom. The van der Waals surface area contributed by atoms with Crippen LogP contribution in [-0.4, -0.2) is 39.4 Å². The zero-order valence-electron chi connectivity index (χ0n) is 9.84. The maximum atomic E-state index is 6.16. The fraction of sp³-hybridized carbons (Fsp3) is 0.500. The van der Waals surface area contributed by atoms with Crippen LogP contribution < -0.4 is 19.7 Å². The van der Waals surface area contributed by atoms with Crippen molar-refractivity contribution in [3.05, 3.63) is 16.1 Å². The fourth-order valence-corrected chi connectivity index (χ4v) is 2.65. The molecule has 1 fully saturated rings. The van der Waals surface area contributed by atoms with Gasteiger partial charge >= 0.3 is 0 Å². The third-order valence-electron chi connectivity index (χ3n) is 3.15. The van der Waals surface area contributed by atoms with Crippen LogP contribution in [0.2, 0.25) is 10.0 Å². The summed E-state index contributed by atoms with van der Waals surface area (Å²) < 4.78 is 11.3. The van der Waals surface area contributed by atoms with Gasteiger partial charge in [-0.3, -0.25) is 0 Å². The predicted molar refractivity (Wildman–Crippen MR) is 72.5 cm³/mol. The second-order valence-electron chi connectivity index (χ2n) is 4.28. The molecule has 1 aromatic carbocycles. The van der Waals surface area contributed by atoms with Gasteiger partial charge < -0.3 is 19.7 Å². The number of hydrogen-bond donors (Lipinski definition) is 1. The van der Waals surface area contributed by atoms with Crippen molar-refractivity contribution in [2.24, 2.45) is 0 Å². The molecule has 2 aliphatic rings. The Kier molecular flexibility index (Phi) is 3.41. The Bertz CT molecular complexity index is 462. The van der Waals surface area contributed by atoms with E-state index < -0.39 is 0 Å². The molecule has 0 saturated carbocycles. The smallest absolute Gasteiger partial charge is 0.186 e. The SMILES string of the molecule is Clc1cc(N2CCNCC2)c2c(c1Cl)OCCO2. The van der Waals surface area contributed by atoms with Gasteiger partial charge in [0.05, 0.1) is 10.7 Å². The van der Waals surface area contributed by atoms with Crippen LogP contribution in [-0.2, 0) is 0 Å². The summed E-state index contributed by atoms with van der Waals surface area (Å²) in [5.74, 6) is 1.29. The second-order valence-corrected chi connectivity index (χ2v) is 5.07. The summed E-state index contributed by atoms with van der Waals surface area (Å²) in [5.41, 5.74) is 0.973. The maximum absolute atomic E-state index is 6.16. The molecule has 0 aliphatic carbocycles. The minimum absolute atomic E-state index is 0.435. The van der Waals surface area contributed by atoms with Gasteiger partial charge in [0.15, 0.2) is 11.5 Å². The van der Waals surface area contributed by atoms with Gasteiger partial charge in [-0.25, -0.2) is 0 Å². The van der Waals surface area contributed by atoms with Gasteiger partial charge in [-0.05, 0) is 6.07 Å². The number of anilines is 1. The summed E-state index contributed by atoms with van der Waals surface area (Å²) in [4.78, 5) is 2.24. The molecule has 98 valence electrons. The molecule has 0 aromatic heterocycles. The van der Waals surface area contributed by atoms with Crippen molar-refractivity contribution < 1.29 is 9.47 Å². The van der Waals surface area contributed by atoms with Crippen LogP contribution in [0.1, 0.15) is 0 Å². The van der Waals surface area contributed by atoms with Crippen LogP contribution in [0.25, 0.3) is 0 Å². The molecular formula is C12H14Cl2N2O2. The van der Waals surface area contributed by atoms with Crippen molar-refractivity contribution in [1.29, 1.82) is 0 Å². The van der Waals surface area contributed by atoms with E-state index in [4.69, 9.17) is 32.7 Å². The summed E-state index contributed by atoms with van der Waals surface area (Å²) in [7, 11) is 0. The zero-order chi connectivity index (χ0) is 12.5. The van der Waals surface area contributed by atoms with Crippen LogP contribution in [0.5, 0.6) is 11.5 Å². The summed E-state index contributed by atoms with van der Waals surface area (Å²) in [6.45, 7) is 4.81. The Morgan fingerprint density at radius 3 is 2.44 bits per heavy atom. The fourth-order valence-electron chi connectivity index (χ4n) is 2.27. The van der Waals surface area contributed by atoms with E-state index in [1.807, 2.05) is 6.07 Å². The highest BCUT2D eigenvalue weighted by atomic mass is 35.5. The van der Waals surface area contributed by atoms with Gasteiger partial charge in [-0.1, -0.05) is 23.2 Å². The summed E-state index contributed by atoms with van der Waals surface area (Å²) >= 11 is 12.3. The Hall–Kier alpha value is -0.840. The lowest BCUT2D eigenvalue weighted by atomic mass is 10.2. The number of hydrogen-bond acceptors (Lipinski definition) is 4. The van der Waals surface area contributed by atoms with Crippen LogP contribution in [0.3, 0.4) is 0 Å². The Labute approximate surface area is 116 Å². The monoisotopic (exact) mass is 288 g/mol. The first kappa shape index (κ1) is 12.2. The van der Waals surface area contributed by atoms with Gasteiger partial charge in [0.25, 0.3) is 0 Å². The molecule has 1 aromatic rings. The topological polar surface area (TPSA) is 33.7 Å². The number of ether oxygens (including phenoxy) is 2. The van der Waals surface area contributed by atoms with E-state index in [9.17, 15) is 0 Å². The largest absolute Gasteiger partial charge is 0.484 e. The first-order chi connectivity index (χ1) is 8.77. The minimum Gasteiger partial charge on any atom is -0.484 e. The van der Waals surface area contributed by atoms with Gasteiger partial charge in [0.2, 0.25) is 0 Å². The quantitative estimate of drug-likeness (QED) is 0.859. The Balaban J connectivity index is 2.05. The lowest BCUT2D eigenvalue weighted by molar-refractivity contribution is 0.172. The molecular weight excluding hydrogens is 275 g/mol. The third kappa shape index (κ3) is 2.09. The number of fused-ring (bicyclic) bond motifs is 1. The van der Waals surface area contributed by atoms with Crippen molar-refractivity contribution in [2.45, 2.75) is 0 Å². The molecule has 0 radical (unpaired) electrons. The van der Waals surface area contributed by atoms with Gasteiger partial charge in [-0.15, -0.1) is 0 Å². The highest BCUT2D eigenvalue weighted by molar-refractivity contribution is 6.43. The molecule has 1 saturated heterocycles. The standard InChI is InChI=1S/C12H14Cl2N2O2/c13-8-7-9(16-3-1-15-2-4-16)11-12(10(8)14)18-6-5-17-11/h7,15H,1-6H2. The van der Waals surface area contributed by atoms with Crippen molar-refractivity contribution in [2.75, 3.05) is 44.3 Å². The van der Waals surface area contributed by atoms with Crippen LogP contribution in [0.4, 0.5) is 5.69 Å². The van der Waals surface area contributed by atoms with Crippen molar-refractivity contribution in [3.8, 4) is 11.5 Å². The lowest BCUT2D eigenvalue weighted by Gasteiger charge is -2.33. The first-order valence-electron chi connectivity index (χ1n) is 6.00. The highest BCUT2D eigenvalue weighted by Gasteiger charge is 2.25. The minimum atomic E-state index is 0.435. The lowest BCUT2D eigenvalue weighted by Crippen LogP contribution is -2.43. The van der Waals surface area contributed by atoms with Crippen molar-refractivity contribution in [3.63, 3.8) is 0 Å². The number of piperazine rings is 1. The average molecular weight is 289 g/mol. The molecule has 0 bridgehead atoms. The molecule has 0 unspecified atom stereocenters. The molecule has 2 aliphatic heterocycles. The molecule has 18 heavy (non-hydrogen) atoms. The van der Waals surface area contributed by atoms with Crippen LogP contribution in [0.15, 0.2) is 6.07 Å². The maximum Gasteiger partial charge on any atom is 0.186 e. The molecule has 4 nitrogen and oxygen atoms in total. The van der Waals surface area contributed by atoms with E-state index in [-0.39, 0.29) is 0 Å². The van der Waals surface area contributed by atoms with E-state index in [1.54, 1.807) is 0 Å². The summed E-state index contributed by atoms with van der Waals surface area (Å²) in [6, 6.07) is 1.86. The molecule has 2 heterocycles. The first-order valence-corrected chi connectivity index (χ1v) is 6.76. The normalized spacial score (nSPS) is 18.9. The molecule has 6 heteroatoms. The zero-order valence-corrected chi connectivity index (χ0v) is 11.4.